The number of aromatic nitrogens is 2. The lowest BCUT2D eigenvalue weighted by Gasteiger charge is -2.21. The maximum Gasteiger partial charge on any atom is 0.255 e. The third-order valence-corrected chi connectivity index (χ3v) is 7.70. The van der Waals surface area contributed by atoms with Gasteiger partial charge in [-0.3, -0.25) is 4.79 Å². The summed E-state index contributed by atoms with van der Waals surface area (Å²) in [6.45, 7) is 9.31. The Morgan fingerprint density at radius 2 is 1.55 bits per heavy atom. The minimum atomic E-state index is -0.328. The van der Waals surface area contributed by atoms with Crippen LogP contribution in [-0.4, -0.2) is 47.2 Å². The van der Waals surface area contributed by atoms with Gasteiger partial charge in [0.1, 0.15) is 17.3 Å². The molecule has 7 nitrogen and oxygen atoms in total. The molecular formula is C37H40N4O3. The molecular weight excluding hydrogens is 548 g/mol. The Morgan fingerprint density at radius 1 is 0.864 bits per heavy atom. The van der Waals surface area contributed by atoms with Crippen molar-refractivity contribution < 1.29 is 14.6 Å². The molecule has 7 heteroatoms. The summed E-state index contributed by atoms with van der Waals surface area (Å²) in [5, 5.41) is 13.5. The van der Waals surface area contributed by atoms with Gasteiger partial charge < -0.3 is 25.0 Å². The predicted octanol–water partition coefficient (Wildman–Crippen LogP) is 7.86. The van der Waals surface area contributed by atoms with Gasteiger partial charge in [-0.1, -0.05) is 60.2 Å². The number of benzene rings is 4. The Bertz CT molecular complexity index is 1660. The molecule has 0 spiro atoms. The van der Waals surface area contributed by atoms with Crippen LogP contribution in [0.25, 0.3) is 33.9 Å². The van der Waals surface area contributed by atoms with E-state index in [9.17, 15) is 9.90 Å². The summed E-state index contributed by atoms with van der Waals surface area (Å²) in [5.41, 5.74) is 7.00. The van der Waals surface area contributed by atoms with E-state index in [-0.39, 0.29) is 17.2 Å². The second kappa shape index (κ2) is 14.4. The van der Waals surface area contributed by atoms with Gasteiger partial charge in [0.15, 0.2) is 0 Å². The number of carbonyl (C=O) groups is 1. The van der Waals surface area contributed by atoms with E-state index < -0.39 is 0 Å². The third-order valence-electron chi connectivity index (χ3n) is 7.70. The van der Waals surface area contributed by atoms with E-state index in [0.29, 0.717) is 24.5 Å². The molecule has 1 aromatic heterocycles. The van der Waals surface area contributed by atoms with Gasteiger partial charge in [-0.05, 0) is 76.1 Å². The fraction of sp³-hybridized carbons (Fsp3) is 0.243. The first-order valence-corrected chi connectivity index (χ1v) is 15.3. The fourth-order valence-electron chi connectivity index (χ4n) is 5.16. The van der Waals surface area contributed by atoms with Crippen molar-refractivity contribution in [2.45, 2.75) is 33.6 Å². The maximum absolute atomic E-state index is 13.0. The number of amides is 1. The lowest BCUT2D eigenvalue weighted by Crippen LogP contribution is -2.24. The Hall–Kier alpha value is -5.04. The van der Waals surface area contributed by atoms with Crippen LogP contribution in [0.2, 0.25) is 0 Å². The van der Waals surface area contributed by atoms with Crippen LogP contribution < -0.4 is 15.0 Å². The molecule has 5 rings (SSSR count). The summed E-state index contributed by atoms with van der Waals surface area (Å²) >= 11 is 0. The second-order valence-corrected chi connectivity index (χ2v) is 10.8. The number of imidazole rings is 1. The van der Waals surface area contributed by atoms with Crippen LogP contribution in [0, 0.1) is 6.92 Å². The number of H-pyrrole nitrogens is 1. The number of nitrogens with one attached hydrogen (secondary N) is 2. The number of nitrogens with zero attached hydrogens (tertiary/aromatic N) is 2. The number of hydrogen-bond acceptors (Lipinski definition) is 5. The molecule has 0 bridgehead atoms. The molecule has 0 atom stereocenters. The average Bonchev–Trinajstić information content (AvgIpc) is 3.50. The number of ether oxygens (including phenoxy) is 1. The number of aryl methyl sites for hydroxylation is 1. The summed E-state index contributed by atoms with van der Waals surface area (Å²) in [5.74, 6) is 1.05. The van der Waals surface area contributed by atoms with Gasteiger partial charge in [0, 0.05) is 42.0 Å². The SMILES string of the molecule is CCN(CC)c1ccc(-c2nc(-c3ccc(O)c(C(=O)NCCCCOc4ccccc4)c3)[nH]c2-c2ccc(C)cc2)cc1. The molecule has 44 heavy (non-hydrogen) atoms. The summed E-state index contributed by atoms with van der Waals surface area (Å²) in [4.78, 5) is 23.9. The van der Waals surface area contributed by atoms with Gasteiger partial charge in [0.25, 0.3) is 5.91 Å². The van der Waals surface area contributed by atoms with E-state index in [1.165, 1.54) is 11.3 Å². The van der Waals surface area contributed by atoms with Crippen molar-refractivity contribution in [3.63, 3.8) is 0 Å². The molecule has 5 aromatic rings. The second-order valence-electron chi connectivity index (χ2n) is 10.8. The van der Waals surface area contributed by atoms with Crippen LogP contribution in [0.3, 0.4) is 0 Å². The Balaban J connectivity index is 1.34. The largest absolute Gasteiger partial charge is 0.507 e. The number of anilines is 1. The molecule has 0 unspecified atom stereocenters. The number of hydrogen-bond donors (Lipinski definition) is 3. The third kappa shape index (κ3) is 7.29. The van der Waals surface area contributed by atoms with Crippen molar-refractivity contribution >= 4 is 11.6 Å². The van der Waals surface area contributed by atoms with Crippen molar-refractivity contribution in [2.24, 2.45) is 0 Å². The molecule has 0 aliphatic carbocycles. The number of phenols is 1. The standard InChI is InChI=1S/C37H40N4O3/c1-4-41(5-2)30-20-17-28(18-21-30)35-34(27-15-13-26(3)14-16-27)39-36(40-35)29-19-22-33(42)32(25-29)37(43)38-23-9-10-24-44-31-11-7-6-8-12-31/h6-8,11-22,25,42H,4-5,9-10,23-24H2,1-3H3,(H,38,43)(H,39,40). The van der Waals surface area contributed by atoms with E-state index in [1.54, 1.807) is 18.2 Å². The minimum absolute atomic E-state index is 0.0730. The smallest absolute Gasteiger partial charge is 0.255 e. The molecule has 0 aliphatic rings. The molecule has 3 N–H and O–H groups in total. The molecule has 0 fully saturated rings. The van der Waals surface area contributed by atoms with E-state index in [1.807, 2.05) is 30.3 Å². The summed E-state index contributed by atoms with van der Waals surface area (Å²) < 4.78 is 5.72. The average molecular weight is 589 g/mol. The van der Waals surface area contributed by atoms with E-state index in [4.69, 9.17) is 9.72 Å². The molecule has 0 saturated heterocycles. The molecule has 0 saturated carbocycles. The maximum atomic E-state index is 13.0. The predicted molar refractivity (Wildman–Crippen MR) is 178 cm³/mol. The van der Waals surface area contributed by atoms with Gasteiger partial charge in [-0.25, -0.2) is 4.98 Å². The van der Waals surface area contributed by atoms with Crippen molar-refractivity contribution in [2.75, 3.05) is 31.1 Å². The van der Waals surface area contributed by atoms with E-state index in [0.717, 1.165) is 54.2 Å². The highest BCUT2D eigenvalue weighted by Crippen LogP contribution is 2.35. The van der Waals surface area contributed by atoms with Crippen LogP contribution >= 0.6 is 0 Å². The van der Waals surface area contributed by atoms with Crippen molar-refractivity contribution in [1.82, 2.24) is 15.3 Å². The summed E-state index contributed by atoms with van der Waals surface area (Å²) in [6.07, 6.45) is 1.56. The van der Waals surface area contributed by atoms with Crippen LogP contribution in [0.4, 0.5) is 5.69 Å². The van der Waals surface area contributed by atoms with Crippen LogP contribution in [0.5, 0.6) is 11.5 Å². The zero-order valence-electron chi connectivity index (χ0n) is 25.6. The van der Waals surface area contributed by atoms with E-state index >= 15 is 0 Å². The van der Waals surface area contributed by atoms with Crippen LogP contribution in [0.1, 0.15) is 42.6 Å². The highest BCUT2D eigenvalue weighted by molar-refractivity contribution is 5.98. The molecule has 226 valence electrons. The zero-order valence-corrected chi connectivity index (χ0v) is 25.6. The Morgan fingerprint density at radius 3 is 2.25 bits per heavy atom. The van der Waals surface area contributed by atoms with Crippen molar-refractivity contribution in [3.8, 4) is 45.4 Å². The first-order valence-electron chi connectivity index (χ1n) is 15.3. The number of aromatic hydroxyl groups is 1. The molecule has 0 aliphatic heterocycles. The van der Waals surface area contributed by atoms with Gasteiger partial charge >= 0.3 is 0 Å². The van der Waals surface area contributed by atoms with Gasteiger partial charge in [-0.2, -0.15) is 0 Å². The summed E-state index contributed by atoms with van der Waals surface area (Å²) in [6, 6.07) is 31.5. The molecule has 1 heterocycles. The minimum Gasteiger partial charge on any atom is -0.507 e. The molecule has 0 radical (unpaired) electrons. The summed E-state index contributed by atoms with van der Waals surface area (Å²) in [7, 11) is 0. The van der Waals surface area contributed by atoms with Gasteiger partial charge in [-0.15, -0.1) is 0 Å². The van der Waals surface area contributed by atoms with Crippen LogP contribution in [-0.2, 0) is 0 Å². The van der Waals surface area contributed by atoms with Crippen LogP contribution in [0.15, 0.2) is 97.1 Å². The monoisotopic (exact) mass is 588 g/mol. The number of phenolic OH excluding ortho intramolecular Hbond substituents is 1. The lowest BCUT2D eigenvalue weighted by atomic mass is 10.0. The van der Waals surface area contributed by atoms with Crippen molar-refractivity contribution in [3.05, 3.63) is 108 Å². The fourth-order valence-corrected chi connectivity index (χ4v) is 5.16. The molecule has 1 amide bonds. The number of unbranched alkanes of at least 4 members (excludes halogenated alkanes) is 1. The molecule has 4 aromatic carbocycles. The van der Waals surface area contributed by atoms with Gasteiger partial charge in [0.05, 0.1) is 23.6 Å². The quantitative estimate of drug-likeness (QED) is 0.122. The topological polar surface area (TPSA) is 90.5 Å². The van der Waals surface area contributed by atoms with Crippen molar-refractivity contribution in [1.29, 1.82) is 0 Å². The highest BCUT2D eigenvalue weighted by atomic mass is 16.5. The van der Waals surface area contributed by atoms with E-state index in [2.05, 4.69) is 84.5 Å². The van der Waals surface area contributed by atoms with Gasteiger partial charge in [0.2, 0.25) is 0 Å². The highest BCUT2D eigenvalue weighted by Gasteiger charge is 2.18. The number of para-hydroxylation sites is 1. The Kier molecular flexibility index (Phi) is 9.97. The number of rotatable bonds is 13. The number of aromatic amines is 1. The zero-order chi connectivity index (χ0) is 30.9. The lowest BCUT2D eigenvalue weighted by molar-refractivity contribution is 0.0949. The number of carbonyl (C=O) groups excluding carboxylic acids is 1. The normalized spacial score (nSPS) is 10.9. The Labute approximate surface area is 259 Å². The first kappa shape index (κ1) is 30.4. The first-order chi connectivity index (χ1) is 21.5.